The zero-order chi connectivity index (χ0) is 20.1. The second-order valence-electron chi connectivity index (χ2n) is 7.23. The molecule has 0 radical (unpaired) electrons. The van der Waals surface area contributed by atoms with Crippen LogP contribution in [0.1, 0.15) is 18.4 Å². The van der Waals surface area contributed by atoms with E-state index in [9.17, 15) is 12.8 Å². The first-order chi connectivity index (χ1) is 13.3. The zero-order valence-electron chi connectivity index (χ0n) is 15.0. The lowest BCUT2D eigenvalue weighted by atomic mass is 9.74. The van der Waals surface area contributed by atoms with Crippen molar-refractivity contribution in [3.8, 4) is 0 Å². The molecule has 0 amide bonds. The molecule has 1 aromatic heterocycles. The Bertz CT molecular complexity index is 1030. The average Bonchev–Trinajstić information content (AvgIpc) is 3.15. The number of rotatable bonds is 4. The van der Waals surface area contributed by atoms with Crippen molar-refractivity contribution in [2.75, 3.05) is 30.5 Å². The minimum atomic E-state index is -3.90. The number of benzene rings is 1. The highest BCUT2D eigenvalue weighted by atomic mass is 35.5. The Labute approximate surface area is 178 Å². The molecule has 0 N–H and O–H groups in total. The van der Waals surface area contributed by atoms with Crippen LogP contribution in [0.15, 0.2) is 41.8 Å². The zero-order valence-corrected chi connectivity index (χ0v) is 18.1. The number of fused-ring (bicyclic) bond motifs is 2. The molecule has 2 aliphatic heterocycles. The van der Waals surface area contributed by atoms with Crippen molar-refractivity contribution in [1.29, 1.82) is 0 Å². The number of likely N-dealkylation sites (tertiary alicyclic amines) is 1. The van der Waals surface area contributed by atoms with Crippen molar-refractivity contribution < 1.29 is 12.8 Å². The van der Waals surface area contributed by atoms with E-state index in [1.54, 1.807) is 6.07 Å². The summed E-state index contributed by atoms with van der Waals surface area (Å²) in [6.45, 7) is 6.46. The first-order valence-corrected chi connectivity index (χ1v) is 11.9. The molecule has 0 unspecified atom stereocenters. The van der Waals surface area contributed by atoms with Gasteiger partial charge in [0.2, 0.25) is 0 Å². The van der Waals surface area contributed by atoms with E-state index in [4.69, 9.17) is 23.2 Å². The number of anilines is 1. The standard InChI is InChI=1S/C19H19Cl2FN2O2S2/c1-2-7-23-8-5-19(6-9-23)12-24(15-4-3-13(22)10-14(15)19)28(25,26)16-11-17(20)27-18(16)21/h2-4,10-11H,1,5-9,12H2. The number of hydrogen-bond acceptors (Lipinski definition) is 4. The molecule has 1 aromatic carbocycles. The third kappa shape index (κ3) is 3.27. The monoisotopic (exact) mass is 460 g/mol. The van der Waals surface area contributed by atoms with Crippen molar-refractivity contribution in [2.24, 2.45) is 0 Å². The molecule has 0 atom stereocenters. The van der Waals surface area contributed by atoms with Crippen LogP contribution >= 0.6 is 34.5 Å². The number of piperidine rings is 1. The quantitative estimate of drug-likeness (QED) is 0.607. The summed E-state index contributed by atoms with van der Waals surface area (Å²) in [6, 6.07) is 5.71. The second-order valence-corrected chi connectivity index (χ2v) is 11.3. The van der Waals surface area contributed by atoms with Crippen molar-refractivity contribution in [1.82, 2.24) is 4.90 Å². The van der Waals surface area contributed by atoms with E-state index < -0.39 is 15.4 Å². The summed E-state index contributed by atoms with van der Waals surface area (Å²) in [5.41, 5.74) is 0.873. The normalized spacial score (nSPS) is 19.2. The molecule has 2 aromatic rings. The number of thiophene rings is 1. The Kier molecular flexibility index (Phi) is 5.25. The molecule has 0 saturated carbocycles. The largest absolute Gasteiger partial charge is 0.300 e. The van der Waals surface area contributed by atoms with E-state index in [0.29, 0.717) is 10.0 Å². The molecule has 150 valence electrons. The Morgan fingerprint density at radius 1 is 1.25 bits per heavy atom. The van der Waals surface area contributed by atoms with Crippen LogP contribution in [0.25, 0.3) is 0 Å². The van der Waals surface area contributed by atoms with E-state index in [1.807, 2.05) is 6.08 Å². The maximum atomic E-state index is 14.1. The highest BCUT2D eigenvalue weighted by Gasteiger charge is 2.48. The predicted molar refractivity (Wildman–Crippen MR) is 113 cm³/mol. The lowest BCUT2D eigenvalue weighted by Gasteiger charge is -2.39. The van der Waals surface area contributed by atoms with E-state index >= 15 is 0 Å². The van der Waals surface area contributed by atoms with Gasteiger partial charge >= 0.3 is 0 Å². The molecule has 1 fully saturated rings. The molecular weight excluding hydrogens is 442 g/mol. The highest BCUT2D eigenvalue weighted by molar-refractivity contribution is 7.93. The molecule has 4 rings (SSSR count). The molecule has 1 spiro atoms. The summed E-state index contributed by atoms with van der Waals surface area (Å²) >= 11 is 13.1. The SMILES string of the molecule is C=CCN1CCC2(CC1)CN(S(=O)(=O)c1cc(Cl)sc1Cl)c1ccc(F)cc12. The van der Waals surface area contributed by atoms with Gasteiger partial charge in [-0.15, -0.1) is 17.9 Å². The predicted octanol–water partition coefficient (Wildman–Crippen LogP) is 4.92. The van der Waals surface area contributed by atoms with Gasteiger partial charge in [0.15, 0.2) is 0 Å². The fourth-order valence-electron chi connectivity index (χ4n) is 4.20. The molecular formula is C19H19Cl2FN2O2S2. The lowest BCUT2D eigenvalue weighted by molar-refractivity contribution is 0.182. The van der Waals surface area contributed by atoms with Gasteiger partial charge in [-0.05, 0) is 55.8 Å². The summed E-state index contributed by atoms with van der Waals surface area (Å²) in [7, 11) is -3.90. The Morgan fingerprint density at radius 3 is 2.57 bits per heavy atom. The van der Waals surface area contributed by atoms with Gasteiger partial charge in [-0.1, -0.05) is 29.3 Å². The number of halogens is 3. The van der Waals surface area contributed by atoms with Crippen LogP contribution in [0.3, 0.4) is 0 Å². The Morgan fingerprint density at radius 2 is 1.96 bits per heavy atom. The van der Waals surface area contributed by atoms with Gasteiger partial charge < -0.3 is 0 Å². The summed E-state index contributed by atoms with van der Waals surface area (Å²) < 4.78 is 42.7. The summed E-state index contributed by atoms with van der Waals surface area (Å²) in [6.07, 6.45) is 3.36. The first kappa shape index (κ1) is 20.2. The van der Waals surface area contributed by atoms with E-state index in [-0.39, 0.29) is 21.6 Å². The molecule has 9 heteroatoms. The molecule has 0 bridgehead atoms. The van der Waals surface area contributed by atoms with Crippen LogP contribution < -0.4 is 4.31 Å². The Hall–Kier alpha value is -1.12. The topological polar surface area (TPSA) is 40.6 Å². The maximum Gasteiger partial charge on any atom is 0.266 e. The van der Waals surface area contributed by atoms with Crippen LogP contribution in [0.2, 0.25) is 8.67 Å². The minimum Gasteiger partial charge on any atom is -0.300 e. The van der Waals surface area contributed by atoms with Crippen molar-refractivity contribution in [3.63, 3.8) is 0 Å². The fourth-order valence-corrected chi connectivity index (χ4v) is 7.89. The van der Waals surface area contributed by atoms with Crippen LogP contribution in [0.4, 0.5) is 10.1 Å². The maximum absolute atomic E-state index is 14.1. The molecule has 28 heavy (non-hydrogen) atoms. The van der Waals surface area contributed by atoms with Gasteiger partial charge in [0.05, 0.1) is 10.0 Å². The summed E-state index contributed by atoms with van der Waals surface area (Å²) in [4.78, 5) is 2.27. The number of nitrogens with zero attached hydrogens (tertiary/aromatic N) is 2. The third-order valence-electron chi connectivity index (χ3n) is 5.64. The Balaban J connectivity index is 1.76. The van der Waals surface area contributed by atoms with Gasteiger partial charge in [0.25, 0.3) is 10.0 Å². The van der Waals surface area contributed by atoms with E-state index in [2.05, 4.69) is 11.5 Å². The van der Waals surface area contributed by atoms with Crippen LogP contribution in [-0.2, 0) is 15.4 Å². The third-order valence-corrected chi connectivity index (χ3v) is 9.15. The smallest absolute Gasteiger partial charge is 0.266 e. The van der Waals surface area contributed by atoms with Gasteiger partial charge in [0, 0.05) is 18.5 Å². The second kappa shape index (κ2) is 7.29. The van der Waals surface area contributed by atoms with Crippen LogP contribution in [0, 0.1) is 5.82 Å². The molecule has 0 aliphatic carbocycles. The van der Waals surface area contributed by atoms with Gasteiger partial charge in [-0.2, -0.15) is 0 Å². The molecule has 4 nitrogen and oxygen atoms in total. The van der Waals surface area contributed by atoms with E-state index in [0.717, 1.165) is 49.4 Å². The summed E-state index contributed by atoms with van der Waals surface area (Å²) in [5, 5.41) is 0. The van der Waals surface area contributed by atoms with Crippen molar-refractivity contribution in [2.45, 2.75) is 23.2 Å². The summed E-state index contributed by atoms with van der Waals surface area (Å²) in [5.74, 6) is -0.359. The fraction of sp³-hybridized carbons (Fsp3) is 0.368. The minimum absolute atomic E-state index is 0.000542. The van der Waals surface area contributed by atoms with E-state index in [1.165, 1.54) is 22.5 Å². The van der Waals surface area contributed by atoms with Gasteiger partial charge in [-0.25, -0.2) is 12.8 Å². The number of sulfonamides is 1. The first-order valence-electron chi connectivity index (χ1n) is 8.88. The highest BCUT2D eigenvalue weighted by Crippen LogP contribution is 2.50. The number of hydrogen-bond donors (Lipinski definition) is 0. The van der Waals surface area contributed by atoms with Gasteiger partial charge in [0.1, 0.15) is 15.0 Å². The van der Waals surface area contributed by atoms with Gasteiger partial charge in [-0.3, -0.25) is 9.21 Å². The lowest BCUT2D eigenvalue weighted by Crippen LogP contribution is -2.46. The average molecular weight is 461 g/mol. The molecule has 1 saturated heterocycles. The van der Waals surface area contributed by atoms with Crippen LogP contribution in [-0.4, -0.2) is 39.5 Å². The van der Waals surface area contributed by atoms with Crippen molar-refractivity contribution in [3.05, 3.63) is 57.0 Å². The van der Waals surface area contributed by atoms with Crippen molar-refractivity contribution >= 4 is 50.2 Å². The molecule has 3 heterocycles. The van der Waals surface area contributed by atoms with Crippen LogP contribution in [0.5, 0.6) is 0 Å². The molecule has 2 aliphatic rings.